The molecule has 0 bridgehead atoms. The van der Waals surface area contributed by atoms with Crippen LogP contribution in [0.5, 0.6) is 5.75 Å². The topological polar surface area (TPSA) is 82.8 Å². The molecule has 0 aliphatic rings. The van der Waals surface area contributed by atoms with E-state index in [9.17, 15) is 4.79 Å². The SMILES string of the molecule is COc1ccc(-c2nc(CCCC(=O)NCC(OC)OC)c(C)o2)cc1. The van der Waals surface area contributed by atoms with E-state index in [4.69, 9.17) is 18.6 Å². The van der Waals surface area contributed by atoms with Gasteiger partial charge in [-0.05, 0) is 44.0 Å². The number of oxazole rings is 1. The molecule has 0 aliphatic carbocycles. The average Bonchev–Trinajstić information content (AvgIpc) is 3.03. The van der Waals surface area contributed by atoms with Crippen molar-refractivity contribution >= 4 is 5.91 Å². The number of amides is 1. The van der Waals surface area contributed by atoms with Gasteiger partial charge in [0.1, 0.15) is 11.5 Å². The molecule has 1 amide bonds. The molecule has 7 nitrogen and oxygen atoms in total. The van der Waals surface area contributed by atoms with Gasteiger partial charge in [0, 0.05) is 26.2 Å². The van der Waals surface area contributed by atoms with Gasteiger partial charge >= 0.3 is 0 Å². The molecule has 1 N–H and O–H groups in total. The third-order valence-corrected chi connectivity index (χ3v) is 4.04. The highest BCUT2D eigenvalue weighted by atomic mass is 16.7. The highest BCUT2D eigenvalue weighted by molar-refractivity contribution is 5.75. The van der Waals surface area contributed by atoms with Gasteiger partial charge in [-0.2, -0.15) is 0 Å². The summed E-state index contributed by atoms with van der Waals surface area (Å²) in [7, 11) is 4.70. The molecule has 0 atom stereocenters. The number of ether oxygens (including phenoxy) is 3. The number of rotatable bonds is 10. The van der Waals surface area contributed by atoms with Crippen molar-refractivity contribution < 1.29 is 23.4 Å². The smallest absolute Gasteiger partial charge is 0.226 e. The van der Waals surface area contributed by atoms with Crippen molar-refractivity contribution in [1.82, 2.24) is 10.3 Å². The average molecular weight is 362 g/mol. The van der Waals surface area contributed by atoms with Crippen molar-refractivity contribution in [3.05, 3.63) is 35.7 Å². The summed E-state index contributed by atoms with van der Waals surface area (Å²) in [5.41, 5.74) is 1.76. The number of benzene rings is 1. The Morgan fingerprint density at radius 2 is 1.88 bits per heavy atom. The first kappa shape index (κ1) is 19.9. The van der Waals surface area contributed by atoms with Gasteiger partial charge in [-0.25, -0.2) is 4.98 Å². The van der Waals surface area contributed by atoms with Crippen molar-refractivity contribution in [2.45, 2.75) is 32.5 Å². The first-order valence-electron chi connectivity index (χ1n) is 8.50. The van der Waals surface area contributed by atoms with Crippen molar-refractivity contribution in [1.29, 1.82) is 0 Å². The Morgan fingerprint density at radius 1 is 1.19 bits per heavy atom. The second-order valence-electron chi connectivity index (χ2n) is 5.81. The van der Waals surface area contributed by atoms with E-state index in [-0.39, 0.29) is 5.91 Å². The molecule has 2 aromatic rings. The van der Waals surface area contributed by atoms with Crippen LogP contribution in [-0.2, 0) is 20.7 Å². The van der Waals surface area contributed by atoms with E-state index in [0.717, 1.165) is 22.8 Å². The van der Waals surface area contributed by atoms with E-state index in [1.807, 2.05) is 31.2 Å². The van der Waals surface area contributed by atoms with E-state index in [1.165, 1.54) is 14.2 Å². The molecule has 0 saturated carbocycles. The van der Waals surface area contributed by atoms with Crippen molar-refractivity contribution in [2.24, 2.45) is 0 Å². The summed E-state index contributed by atoms with van der Waals surface area (Å²) in [6.45, 7) is 2.22. The van der Waals surface area contributed by atoms with Gasteiger partial charge in [0.05, 0.1) is 19.3 Å². The van der Waals surface area contributed by atoms with Gasteiger partial charge in [-0.3, -0.25) is 4.79 Å². The molecule has 1 aromatic heterocycles. The van der Waals surface area contributed by atoms with Crippen LogP contribution in [0.1, 0.15) is 24.3 Å². The Balaban J connectivity index is 1.84. The van der Waals surface area contributed by atoms with Gasteiger partial charge in [0.25, 0.3) is 0 Å². The number of carbonyl (C=O) groups is 1. The molecular formula is C19H26N2O5. The summed E-state index contributed by atoms with van der Waals surface area (Å²) in [6.07, 6.45) is 1.34. The summed E-state index contributed by atoms with van der Waals surface area (Å²) >= 11 is 0. The summed E-state index contributed by atoms with van der Waals surface area (Å²) in [5, 5.41) is 2.78. The number of hydrogen-bond donors (Lipinski definition) is 1. The van der Waals surface area contributed by atoms with Gasteiger partial charge in [-0.15, -0.1) is 0 Å². The predicted octanol–water partition coefficient (Wildman–Crippen LogP) is 2.72. The minimum Gasteiger partial charge on any atom is -0.497 e. The van der Waals surface area contributed by atoms with Gasteiger partial charge in [0.15, 0.2) is 6.29 Å². The maximum absolute atomic E-state index is 11.9. The summed E-state index contributed by atoms with van der Waals surface area (Å²) in [4.78, 5) is 16.4. The number of nitrogens with zero attached hydrogens (tertiary/aromatic N) is 1. The largest absolute Gasteiger partial charge is 0.497 e. The number of hydrogen-bond acceptors (Lipinski definition) is 6. The zero-order chi connectivity index (χ0) is 18.9. The van der Waals surface area contributed by atoms with E-state index in [1.54, 1.807) is 7.11 Å². The molecule has 0 saturated heterocycles. The molecule has 1 heterocycles. The molecule has 142 valence electrons. The molecular weight excluding hydrogens is 336 g/mol. The Morgan fingerprint density at radius 3 is 2.50 bits per heavy atom. The zero-order valence-corrected chi connectivity index (χ0v) is 15.7. The third kappa shape index (κ3) is 5.57. The highest BCUT2D eigenvalue weighted by Gasteiger charge is 2.13. The minimum absolute atomic E-state index is 0.0411. The quantitative estimate of drug-likeness (QED) is 0.655. The zero-order valence-electron chi connectivity index (χ0n) is 15.7. The molecule has 0 radical (unpaired) electrons. The summed E-state index contributed by atoms with van der Waals surface area (Å²) in [6, 6.07) is 7.55. The molecule has 26 heavy (non-hydrogen) atoms. The third-order valence-electron chi connectivity index (χ3n) is 4.04. The van der Waals surface area contributed by atoms with Crippen LogP contribution in [-0.4, -0.2) is 45.1 Å². The van der Waals surface area contributed by atoms with Crippen LogP contribution in [0.2, 0.25) is 0 Å². The second kappa shape index (κ2) is 9.94. The number of methoxy groups -OCH3 is 3. The predicted molar refractivity (Wildman–Crippen MR) is 97.0 cm³/mol. The lowest BCUT2D eigenvalue weighted by Gasteiger charge is -2.13. The maximum atomic E-state index is 11.9. The maximum Gasteiger partial charge on any atom is 0.226 e. The standard InChI is InChI=1S/C19H26N2O5/c1-13-16(6-5-7-17(22)20-12-18(24-3)25-4)21-19(26-13)14-8-10-15(23-2)11-9-14/h8-11,18H,5-7,12H2,1-4H3,(H,20,22). The first-order chi connectivity index (χ1) is 12.6. The molecule has 0 spiro atoms. The molecule has 2 rings (SSSR count). The fourth-order valence-electron chi connectivity index (χ4n) is 2.48. The fourth-order valence-corrected chi connectivity index (χ4v) is 2.48. The van der Waals surface area contributed by atoms with Crippen LogP contribution in [0.15, 0.2) is 28.7 Å². The lowest BCUT2D eigenvalue weighted by Crippen LogP contribution is -2.34. The fraction of sp³-hybridized carbons (Fsp3) is 0.474. The second-order valence-corrected chi connectivity index (χ2v) is 5.81. The van der Waals surface area contributed by atoms with Crippen LogP contribution in [0, 0.1) is 6.92 Å². The Hall–Kier alpha value is -2.38. The van der Waals surface area contributed by atoms with E-state index >= 15 is 0 Å². The Bertz CT molecular complexity index is 692. The van der Waals surface area contributed by atoms with Crippen LogP contribution < -0.4 is 10.1 Å². The number of carbonyl (C=O) groups excluding carboxylic acids is 1. The van der Waals surface area contributed by atoms with Crippen molar-refractivity contribution in [3.8, 4) is 17.2 Å². The van der Waals surface area contributed by atoms with Crippen LogP contribution in [0.25, 0.3) is 11.5 Å². The van der Waals surface area contributed by atoms with Gasteiger partial charge in [-0.1, -0.05) is 0 Å². The molecule has 0 aliphatic heterocycles. The summed E-state index contributed by atoms with van der Waals surface area (Å²) < 4.78 is 21.0. The summed E-state index contributed by atoms with van der Waals surface area (Å²) in [5.74, 6) is 2.09. The van der Waals surface area contributed by atoms with E-state index in [0.29, 0.717) is 31.7 Å². The highest BCUT2D eigenvalue weighted by Crippen LogP contribution is 2.24. The molecule has 7 heteroatoms. The molecule has 1 aromatic carbocycles. The molecule has 0 unspecified atom stereocenters. The monoisotopic (exact) mass is 362 g/mol. The molecule has 0 fully saturated rings. The Labute approximate surface area is 153 Å². The van der Waals surface area contributed by atoms with Crippen molar-refractivity contribution in [2.75, 3.05) is 27.9 Å². The Kier molecular flexibility index (Phi) is 7.62. The van der Waals surface area contributed by atoms with E-state index < -0.39 is 6.29 Å². The number of nitrogens with one attached hydrogen (secondary N) is 1. The first-order valence-corrected chi connectivity index (χ1v) is 8.50. The van der Waals surface area contributed by atoms with E-state index in [2.05, 4.69) is 10.3 Å². The van der Waals surface area contributed by atoms with Crippen LogP contribution in [0.3, 0.4) is 0 Å². The van der Waals surface area contributed by atoms with Crippen LogP contribution >= 0.6 is 0 Å². The van der Waals surface area contributed by atoms with Gasteiger partial charge < -0.3 is 23.9 Å². The van der Waals surface area contributed by atoms with Crippen molar-refractivity contribution in [3.63, 3.8) is 0 Å². The normalized spacial score (nSPS) is 11.0. The van der Waals surface area contributed by atoms with Crippen LogP contribution in [0.4, 0.5) is 0 Å². The number of aromatic nitrogens is 1. The lowest BCUT2D eigenvalue weighted by molar-refractivity contribution is -0.127. The number of aryl methyl sites for hydroxylation is 2. The lowest BCUT2D eigenvalue weighted by atomic mass is 10.1. The minimum atomic E-state index is -0.427. The van der Waals surface area contributed by atoms with Gasteiger partial charge in [0.2, 0.25) is 11.8 Å².